The lowest BCUT2D eigenvalue weighted by Gasteiger charge is -2.08. The van der Waals surface area contributed by atoms with Crippen LogP contribution in [0.3, 0.4) is 0 Å². The summed E-state index contributed by atoms with van der Waals surface area (Å²) in [6.45, 7) is 2.55. The van der Waals surface area contributed by atoms with Crippen LogP contribution in [-0.2, 0) is 0 Å². The van der Waals surface area contributed by atoms with Gasteiger partial charge in [0.2, 0.25) is 0 Å². The highest BCUT2D eigenvalue weighted by atomic mass is 35.5. The van der Waals surface area contributed by atoms with Crippen molar-refractivity contribution in [2.75, 3.05) is 11.9 Å². The maximum Gasteiger partial charge on any atom is 0.272 e. The molecule has 0 saturated carbocycles. The first-order chi connectivity index (χ1) is 12.5. The average molecular weight is 390 g/mol. The van der Waals surface area contributed by atoms with Gasteiger partial charge in [0.25, 0.3) is 11.8 Å². The highest BCUT2D eigenvalue weighted by Gasteiger charge is 2.13. The lowest BCUT2D eigenvalue weighted by molar-refractivity contribution is 0.0953. The molecule has 1 aromatic heterocycles. The molecule has 0 saturated heterocycles. The van der Waals surface area contributed by atoms with E-state index in [1.54, 1.807) is 36.4 Å². The number of amides is 2. The molecule has 26 heavy (non-hydrogen) atoms. The third-order valence-electron chi connectivity index (χ3n) is 3.83. The van der Waals surface area contributed by atoms with Gasteiger partial charge in [0.1, 0.15) is 5.69 Å². The summed E-state index contributed by atoms with van der Waals surface area (Å²) >= 11 is 12.1. The molecule has 2 aromatic carbocycles. The summed E-state index contributed by atoms with van der Waals surface area (Å²) in [5.74, 6) is -0.543. The van der Waals surface area contributed by atoms with Crippen LogP contribution in [0.1, 0.15) is 34.2 Å². The number of carbonyl (C=O) groups is 2. The van der Waals surface area contributed by atoms with Crippen LogP contribution in [0.2, 0.25) is 10.0 Å². The van der Waals surface area contributed by atoms with Gasteiger partial charge in [-0.3, -0.25) is 9.59 Å². The molecule has 0 radical (unpaired) electrons. The van der Waals surface area contributed by atoms with E-state index < -0.39 is 0 Å². The van der Waals surface area contributed by atoms with Gasteiger partial charge < -0.3 is 15.6 Å². The summed E-state index contributed by atoms with van der Waals surface area (Å²) in [7, 11) is 0. The lowest BCUT2D eigenvalue weighted by atomic mass is 10.2. The van der Waals surface area contributed by atoms with Gasteiger partial charge in [0, 0.05) is 28.2 Å². The number of fused-ring (bicyclic) bond motifs is 1. The minimum atomic E-state index is -0.309. The van der Waals surface area contributed by atoms with Gasteiger partial charge in [-0.15, -0.1) is 0 Å². The molecule has 7 heteroatoms. The molecule has 0 atom stereocenters. The molecule has 2 amide bonds. The van der Waals surface area contributed by atoms with Crippen LogP contribution in [0, 0.1) is 0 Å². The van der Waals surface area contributed by atoms with Gasteiger partial charge in [0.15, 0.2) is 0 Å². The third kappa shape index (κ3) is 4.00. The number of benzene rings is 2. The minimum Gasteiger partial charge on any atom is -0.352 e. The molecule has 3 rings (SSSR count). The van der Waals surface area contributed by atoms with E-state index in [1.165, 1.54) is 0 Å². The Morgan fingerprint density at radius 1 is 1.04 bits per heavy atom. The van der Waals surface area contributed by atoms with E-state index in [2.05, 4.69) is 15.6 Å². The number of carbonyl (C=O) groups excluding carboxylic acids is 2. The number of aromatic nitrogens is 1. The van der Waals surface area contributed by atoms with Crippen LogP contribution in [-0.4, -0.2) is 23.3 Å². The van der Waals surface area contributed by atoms with E-state index in [0.717, 1.165) is 17.3 Å². The first kappa shape index (κ1) is 18.3. The van der Waals surface area contributed by atoms with E-state index in [-0.39, 0.29) is 16.8 Å². The summed E-state index contributed by atoms with van der Waals surface area (Å²) in [6, 6.07) is 11.9. The molecule has 5 nitrogen and oxygen atoms in total. The Bertz CT molecular complexity index is 982. The fourth-order valence-electron chi connectivity index (χ4n) is 2.54. The molecule has 0 aliphatic heterocycles. The number of anilines is 1. The van der Waals surface area contributed by atoms with E-state index in [4.69, 9.17) is 23.2 Å². The summed E-state index contributed by atoms with van der Waals surface area (Å²) in [4.78, 5) is 27.5. The molecule has 1 heterocycles. The molecule has 0 fully saturated rings. The zero-order valence-corrected chi connectivity index (χ0v) is 15.5. The number of hydrogen-bond acceptors (Lipinski definition) is 2. The molecule has 3 aromatic rings. The van der Waals surface area contributed by atoms with Gasteiger partial charge >= 0.3 is 0 Å². The molecule has 0 unspecified atom stereocenters. The number of nitrogens with one attached hydrogen (secondary N) is 3. The van der Waals surface area contributed by atoms with Crippen LogP contribution in [0.15, 0.2) is 42.5 Å². The molecule has 0 aliphatic carbocycles. The number of hydrogen-bond donors (Lipinski definition) is 3. The lowest BCUT2D eigenvalue weighted by Crippen LogP contribution is -2.24. The molecular weight excluding hydrogens is 373 g/mol. The second-order valence-corrected chi connectivity index (χ2v) is 6.66. The maximum absolute atomic E-state index is 12.4. The highest BCUT2D eigenvalue weighted by Crippen LogP contribution is 2.23. The first-order valence-corrected chi connectivity index (χ1v) is 8.91. The molecule has 3 N–H and O–H groups in total. The standard InChI is InChI=1S/C19H17Cl2N3O2/c1-2-7-22-18(25)14-5-4-13(10-15(14)21)23-19(26)17-9-11-8-12(20)3-6-16(11)24-17/h3-6,8-10,24H,2,7H2,1H3,(H,22,25)(H,23,26). The van der Waals surface area contributed by atoms with Gasteiger partial charge in [-0.2, -0.15) is 0 Å². The van der Waals surface area contributed by atoms with E-state index in [9.17, 15) is 9.59 Å². The molecule has 0 aliphatic rings. The molecular formula is C19H17Cl2N3O2. The summed E-state index contributed by atoms with van der Waals surface area (Å²) < 4.78 is 0. The predicted molar refractivity (Wildman–Crippen MR) is 105 cm³/mol. The second kappa shape index (κ2) is 7.81. The monoisotopic (exact) mass is 389 g/mol. The first-order valence-electron chi connectivity index (χ1n) is 8.15. The smallest absolute Gasteiger partial charge is 0.272 e. The normalized spacial score (nSPS) is 10.7. The summed E-state index contributed by atoms with van der Waals surface area (Å²) in [5.41, 5.74) is 2.10. The molecule has 0 bridgehead atoms. The SMILES string of the molecule is CCCNC(=O)c1ccc(NC(=O)c2cc3cc(Cl)ccc3[nH]2)cc1Cl. The molecule has 134 valence electrons. The number of rotatable bonds is 5. The number of aromatic amines is 1. The maximum atomic E-state index is 12.4. The summed E-state index contributed by atoms with van der Waals surface area (Å²) in [5, 5.41) is 7.27. The highest BCUT2D eigenvalue weighted by molar-refractivity contribution is 6.34. The van der Waals surface area contributed by atoms with Gasteiger partial charge in [0.05, 0.1) is 10.6 Å². The van der Waals surface area contributed by atoms with Crippen LogP contribution in [0.4, 0.5) is 5.69 Å². The largest absolute Gasteiger partial charge is 0.352 e. The Morgan fingerprint density at radius 3 is 2.58 bits per heavy atom. The van der Waals surface area contributed by atoms with Crippen LogP contribution >= 0.6 is 23.2 Å². The Labute approximate surface area is 160 Å². The van der Waals surface area contributed by atoms with Crippen molar-refractivity contribution < 1.29 is 9.59 Å². The zero-order chi connectivity index (χ0) is 18.7. The van der Waals surface area contributed by atoms with Crippen LogP contribution in [0.5, 0.6) is 0 Å². The predicted octanol–water partition coefficient (Wildman–Crippen LogP) is 4.87. The Balaban J connectivity index is 1.76. The van der Waals surface area contributed by atoms with E-state index in [1.807, 2.05) is 13.0 Å². The van der Waals surface area contributed by atoms with Crippen molar-refractivity contribution in [3.63, 3.8) is 0 Å². The van der Waals surface area contributed by atoms with Crippen molar-refractivity contribution in [2.45, 2.75) is 13.3 Å². The van der Waals surface area contributed by atoms with Gasteiger partial charge in [-0.05, 0) is 48.9 Å². The number of H-pyrrole nitrogens is 1. The van der Waals surface area contributed by atoms with Crippen molar-refractivity contribution in [1.82, 2.24) is 10.3 Å². The van der Waals surface area contributed by atoms with Crippen molar-refractivity contribution in [3.8, 4) is 0 Å². The second-order valence-electron chi connectivity index (χ2n) is 5.82. The van der Waals surface area contributed by atoms with Gasteiger partial charge in [-0.25, -0.2) is 0 Å². The van der Waals surface area contributed by atoms with Crippen molar-refractivity contribution in [2.24, 2.45) is 0 Å². The van der Waals surface area contributed by atoms with Crippen LogP contribution in [0.25, 0.3) is 10.9 Å². The third-order valence-corrected chi connectivity index (χ3v) is 4.38. The zero-order valence-electron chi connectivity index (χ0n) is 14.0. The average Bonchev–Trinajstić information content (AvgIpc) is 3.03. The van der Waals surface area contributed by atoms with Crippen molar-refractivity contribution in [3.05, 3.63) is 63.8 Å². The molecule has 0 spiro atoms. The number of halogens is 2. The Morgan fingerprint density at radius 2 is 1.85 bits per heavy atom. The van der Waals surface area contributed by atoms with Gasteiger partial charge in [-0.1, -0.05) is 30.1 Å². The van der Waals surface area contributed by atoms with E-state index >= 15 is 0 Å². The van der Waals surface area contributed by atoms with Crippen LogP contribution < -0.4 is 10.6 Å². The van der Waals surface area contributed by atoms with E-state index in [0.29, 0.717) is 28.5 Å². The summed E-state index contributed by atoms with van der Waals surface area (Å²) in [6.07, 6.45) is 0.840. The fourth-order valence-corrected chi connectivity index (χ4v) is 2.98. The van der Waals surface area contributed by atoms with Crippen molar-refractivity contribution >= 4 is 51.6 Å². The topological polar surface area (TPSA) is 74.0 Å². The Kier molecular flexibility index (Phi) is 5.49. The van der Waals surface area contributed by atoms with Crippen molar-refractivity contribution in [1.29, 1.82) is 0 Å². The fraction of sp³-hybridized carbons (Fsp3) is 0.158. The quantitative estimate of drug-likeness (QED) is 0.582. The minimum absolute atomic E-state index is 0.234. The Hall–Kier alpha value is -2.50.